The van der Waals surface area contributed by atoms with Crippen LogP contribution in [0, 0.1) is 0 Å². The summed E-state index contributed by atoms with van der Waals surface area (Å²) in [6.07, 6.45) is 0.788. The second kappa shape index (κ2) is 8.21. The number of aryl methyl sites for hydroxylation is 1. The molecule has 0 fully saturated rings. The van der Waals surface area contributed by atoms with Crippen molar-refractivity contribution in [3.63, 3.8) is 0 Å². The minimum Gasteiger partial charge on any atom is -0.490 e. The monoisotopic (exact) mass is 385 g/mol. The molecular formula is C14H16BrN3O3S. The van der Waals surface area contributed by atoms with E-state index in [0.29, 0.717) is 29.7 Å². The highest BCUT2D eigenvalue weighted by molar-refractivity contribution is 9.10. The maximum absolute atomic E-state index is 12.4. The van der Waals surface area contributed by atoms with Gasteiger partial charge in [-0.05, 0) is 24.6 Å². The smallest absolute Gasteiger partial charge is 0.261 e. The molecule has 0 spiro atoms. The van der Waals surface area contributed by atoms with E-state index in [1.54, 1.807) is 19.2 Å². The van der Waals surface area contributed by atoms with E-state index >= 15 is 0 Å². The highest BCUT2D eigenvalue weighted by Gasteiger charge is 2.15. The summed E-state index contributed by atoms with van der Waals surface area (Å²) in [5, 5.41) is 12.0. The third kappa shape index (κ3) is 4.49. The predicted molar refractivity (Wildman–Crippen MR) is 88.8 cm³/mol. The summed E-state index contributed by atoms with van der Waals surface area (Å²) in [6, 6.07) is 5.27. The van der Waals surface area contributed by atoms with Crippen molar-refractivity contribution in [1.29, 1.82) is 0 Å². The number of rotatable bonds is 7. The standard InChI is InChI=1S/C14H16BrN3O3S/c1-3-12-17-18-14(22-12)16-13(19)10-8-9(15)4-5-11(10)21-7-6-20-2/h4-5,8H,3,6-7H2,1-2H3,(H,16,18,19). The van der Waals surface area contributed by atoms with Crippen molar-refractivity contribution in [3.05, 3.63) is 33.2 Å². The van der Waals surface area contributed by atoms with Gasteiger partial charge >= 0.3 is 0 Å². The molecule has 0 saturated carbocycles. The second-order valence-corrected chi connectivity index (χ2v) is 6.27. The zero-order chi connectivity index (χ0) is 15.9. The molecule has 6 nitrogen and oxygen atoms in total. The largest absolute Gasteiger partial charge is 0.490 e. The molecule has 2 aromatic rings. The average Bonchev–Trinajstić information content (AvgIpc) is 2.96. The van der Waals surface area contributed by atoms with Crippen molar-refractivity contribution in [2.24, 2.45) is 0 Å². The highest BCUT2D eigenvalue weighted by atomic mass is 79.9. The van der Waals surface area contributed by atoms with Gasteiger partial charge in [0, 0.05) is 11.6 Å². The summed E-state index contributed by atoms with van der Waals surface area (Å²) in [7, 11) is 1.60. The van der Waals surface area contributed by atoms with E-state index in [4.69, 9.17) is 9.47 Å². The van der Waals surface area contributed by atoms with Gasteiger partial charge in [0.1, 0.15) is 17.4 Å². The van der Waals surface area contributed by atoms with Crippen molar-refractivity contribution in [2.75, 3.05) is 25.6 Å². The lowest BCUT2D eigenvalue weighted by atomic mass is 10.2. The van der Waals surface area contributed by atoms with Gasteiger partial charge in [0.25, 0.3) is 5.91 Å². The van der Waals surface area contributed by atoms with Crippen LogP contribution in [0.1, 0.15) is 22.3 Å². The summed E-state index contributed by atoms with van der Waals surface area (Å²) in [6.45, 7) is 2.81. The Bertz CT molecular complexity index is 648. The number of ether oxygens (including phenoxy) is 2. The Labute approximate surface area is 141 Å². The van der Waals surface area contributed by atoms with E-state index in [1.807, 2.05) is 13.0 Å². The first-order chi connectivity index (χ1) is 10.6. The van der Waals surface area contributed by atoms with Crippen LogP contribution in [0.2, 0.25) is 0 Å². The molecule has 1 heterocycles. The summed E-state index contributed by atoms with van der Waals surface area (Å²) in [5.74, 6) is 0.213. The third-order valence-corrected chi connectivity index (χ3v) is 4.20. The molecule has 1 aromatic heterocycles. The van der Waals surface area contributed by atoms with Crippen LogP contribution < -0.4 is 10.1 Å². The third-order valence-electron chi connectivity index (χ3n) is 2.72. The fraction of sp³-hybridized carbons (Fsp3) is 0.357. The summed E-state index contributed by atoms with van der Waals surface area (Å²) in [5.41, 5.74) is 0.429. The van der Waals surface area contributed by atoms with Gasteiger partial charge < -0.3 is 9.47 Å². The molecule has 1 aromatic carbocycles. The lowest BCUT2D eigenvalue weighted by molar-refractivity contribution is 0.101. The van der Waals surface area contributed by atoms with Crippen molar-refractivity contribution in [1.82, 2.24) is 10.2 Å². The molecule has 0 aliphatic carbocycles. The van der Waals surface area contributed by atoms with Gasteiger partial charge in [-0.25, -0.2) is 0 Å². The number of amides is 1. The van der Waals surface area contributed by atoms with Crippen LogP contribution in [0.3, 0.4) is 0 Å². The second-order valence-electron chi connectivity index (χ2n) is 4.29. The van der Waals surface area contributed by atoms with Crippen LogP contribution >= 0.6 is 27.3 Å². The zero-order valence-electron chi connectivity index (χ0n) is 12.3. The number of halogens is 1. The lowest BCUT2D eigenvalue weighted by Crippen LogP contribution is -2.15. The molecule has 0 aliphatic rings. The van der Waals surface area contributed by atoms with Gasteiger partial charge in [-0.1, -0.05) is 34.2 Å². The SMILES string of the molecule is CCc1nnc(NC(=O)c2cc(Br)ccc2OCCOC)s1. The molecule has 2 rings (SSSR count). The minimum absolute atomic E-state index is 0.285. The molecule has 1 N–H and O–H groups in total. The van der Waals surface area contributed by atoms with Crippen LogP contribution in [0.25, 0.3) is 0 Å². The number of nitrogens with zero attached hydrogens (tertiary/aromatic N) is 2. The number of benzene rings is 1. The molecule has 0 saturated heterocycles. The number of aromatic nitrogens is 2. The first kappa shape index (κ1) is 16.9. The van der Waals surface area contributed by atoms with Crippen molar-refractivity contribution in [2.45, 2.75) is 13.3 Å². The fourth-order valence-electron chi connectivity index (χ4n) is 1.65. The van der Waals surface area contributed by atoms with E-state index in [2.05, 4.69) is 31.4 Å². The molecule has 0 atom stereocenters. The van der Waals surface area contributed by atoms with E-state index in [-0.39, 0.29) is 5.91 Å². The highest BCUT2D eigenvalue weighted by Crippen LogP contribution is 2.25. The van der Waals surface area contributed by atoms with Crippen molar-refractivity contribution < 1.29 is 14.3 Å². The number of anilines is 1. The predicted octanol–water partition coefficient (Wildman–Crippen LogP) is 3.14. The Morgan fingerprint density at radius 3 is 2.86 bits per heavy atom. The first-order valence-electron chi connectivity index (χ1n) is 6.69. The van der Waals surface area contributed by atoms with Crippen LogP contribution in [0.4, 0.5) is 5.13 Å². The molecular weight excluding hydrogens is 370 g/mol. The topological polar surface area (TPSA) is 73.3 Å². The molecule has 118 valence electrons. The van der Waals surface area contributed by atoms with Crippen LogP contribution in [-0.4, -0.2) is 36.4 Å². The maximum Gasteiger partial charge on any atom is 0.261 e. The van der Waals surface area contributed by atoms with Crippen LogP contribution in [-0.2, 0) is 11.2 Å². The van der Waals surface area contributed by atoms with E-state index < -0.39 is 0 Å². The van der Waals surface area contributed by atoms with Gasteiger partial charge in [0.05, 0.1) is 12.2 Å². The summed E-state index contributed by atoms with van der Waals surface area (Å²) < 4.78 is 11.3. The maximum atomic E-state index is 12.4. The molecule has 22 heavy (non-hydrogen) atoms. The van der Waals surface area contributed by atoms with Crippen LogP contribution in [0.15, 0.2) is 22.7 Å². The van der Waals surface area contributed by atoms with E-state index in [1.165, 1.54) is 11.3 Å². The minimum atomic E-state index is -0.285. The van der Waals surface area contributed by atoms with Gasteiger partial charge in [-0.15, -0.1) is 10.2 Å². The lowest BCUT2D eigenvalue weighted by Gasteiger charge is -2.11. The van der Waals surface area contributed by atoms with Gasteiger partial charge in [-0.2, -0.15) is 0 Å². The van der Waals surface area contributed by atoms with Gasteiger partial charge in [0.15, 0.2) is 0 Å². The Balaban J connectivity index is 2.14. The molecule has 1 amide bonds. The number of nitrogens with one attached hydrogen (secondary N) is 1. The number of hydrogen-bond donors (Lipinski definition) is 1. The number of hydrogen-bond acceptors (Lipinski definition) is 6. The van der Waals surface area contributed by atoms with E-state index in [0.717, 1.165) is 15.9 Å². The first-order valence-corrected chi connectivity index (χ1v) is 8.30. The summed E-state index contributed by atoms with van der Waals surface area (Å²) in [4.78, 5) is 12.4. The molecule has 0 radical (unpaired) electrons. The van der Waals surface area contributed by atoms with Crippen molar-refractivity contribution >= 4 is 38.3 Å². The Kier molecular flexibility index (Phi) is 6.29. The quantitative estimate of drug-likeness (QED) is 0.741. The molecule has 0 aliphatic heterocycles. The Morgan fingerprint density at radius 2 is 2.18 bits per heavy atom. The normalized spacial score (nSPS) is 10.5. The fourth-order valence-corrected chi connectivity index (χ4v) is 2.69. The average molecular weight is 386 g/mol. The van der Waals surface area contributed by atoms with Crippen molar-refractivity contribution in [3.8, 4) is 5.75 Å². The van der Waals surface area contributed by atoms with E-state index in [9.17, 15) is 4.79 Å². The van der Waals surface area contributed by atoms with Gasteiger partial charge in [-0.3, -0.25) is 10.1 Å². The Hall–Kier alpha value is -1.51. The number of methoxy groups -OCH3 is 1. The molecule has 0 unspecified atom stereocenters. The molecule has 8 heteroatoms. The number of carbonyl (C=O) groups is 1. The number of carbonyl (C=O) groups excluding carboxylic acids is 1. The summed E-state index contributed by atoms with van der Waals surface area (Å²) >= 11 is 4.72. The zero-order valence-corrected chi connectivity index (χ0v) is 14.7. The Morgan fingerprint density at radius 1 is 1.36 bits per heavy atom. The molecule has 0 bridgehead atoms. The van der Waals surface area contributed by atoms with Gasteiger partial charge in [0.2, 0.25) is 5.13 Å². The van der Waals surface area contributed by atoms with Crippen LogP contribution in [0.5, 0.6) is 5.75 Å².